The molecule has 0 saturated heterocycles. The van der Waals surface area contributed by atoms with Crippen molar-refractivity contribution in [1.82, 2.24) is 20.5 Å². The number of aryl methyl sites for hydroxylation is 1. The minimum atomic E-state index is -0.270. The second-order valence-corrected chi connectivity index (χ2v) is 3.37. The molecule has 0 unspecified atom stereocenters. The molecule has 0 spiro atoms. The number of carbonyl (C=O) groups excluding carboxylic acids is 1. The Morgan fingerprint density at radius 1 is 1.47 bits per heavy atom. The third kappa shape index (κ3) is 2.77. The van der Waals surface area contributed by atoms with E-state index in [2.05, 4.69) is 20.5 Å². The standard InChI is InChI=1S/C10H11N5O2/c1-6-14-15-9(17-6)5-13-10(16)7-2-3-8(11)12-4-7/h2-4H,5H2,1H3,(H2,11,12)(H,13,16). The summed E-state index contributed by atoms with van der Waals surface area (Å²) in [5.74, 6) is 0.921. The zero-order chi connectivity index (χ0) is 12.3. The predicted octanol–water partition coefficient (Wildman–Crippen LogP) is 0.285. The molecule has 2 aromatic rings. The molecule has 88 valence electrons. The lowest BCUT2D eigenvalue weighted by Crippen LogP contribution is -2.23. The molecule has 0 fully saturated rings. The highest BCUT2D eigenvalue weighted by molar-refractivity contribution is 5.93. The predicted molar refractivity (Wildman–Crippen MR) is 58.9 cm³/mol. The third-order valence-electron chi connectivity index (χ3n) is 2.02. The summed E-state index contributed by atoms with van der Waals surface area (Å²) in [6.07, 6.45) is 1.41. The van der Waals surface area contributed by atoms with Gasteiger partial charge in [0.1, 0.15) is 5.82 Å². The monoisotopic (exact) mass is 233 g/mol. The van der Waals surface area contributed by atoms with E-state index >= 15 is 0 Å². The number of hydrogen-bond donors (Lipinski definition) is 2. The summed E-state index contributed by atoms with van der Waals surface area (Å²) in [6.45, 7) is 1.87. The van der Waals surface area contributed by atoms with Crippen LogP contribution in [0.3, 0.4) is 0 Å². The number of carbonyl (C=O) groups is 1. The van der Waals surface area contributed by atoms with Crippen molar-refractivity contribution in [2.45, 2.75) is 13.5 Å². The number of rotatable bonds is 3. The molecule has 1 amide bonds. The van der Waals surface area contributed by atoms with Gasteiger partial charge in [0.2, 0.25) is 11.8 Å². The Bertz CT molecular complexity index is 520. The highest BCUT2D eigenvalue weighted by atomic mass is 16.4. The summed E-state index contributed by atoms with van der Waals surface area (Å²) in [7, 11) is 0. The van der Waals surface area contributed by atoms with Gasteiger partial charge in [0.15, 0.2) is 0 Å². The van der Waals surface area contributed by atoms with E-state index in [0.717, 1.165) is 0 Å². The largest absolute Gasteiger partial charge is 0.424 e. The molecule has 2 rings (SSSR count). The van der Waals surface area contributed by atoms with Crippen molar-refractivity contribution in [2.24, 2.45) is 0 Å². The van der Waals surface area contributed by atoms with E-state index in [9.17, 15) is 4.79 Å². The lowest BCUT2D eigenvalue weighted by molar-refractivity contribution is 0.0947. The van der Waals surface area contributed by atoms with Crippen molar-refractivity contribution >= 4 is 11.7 Å². The molecule has 0 bridgehead atoms. The molecule has 17 heavy (non-hydrogen) atoms. The van der Waals surface area contributed by atoms with Gasteiger partial charge in [0.25, 0.3) is 5.91 Å². The fourth-order valence-corrected chi connectivity index (χ4v) is 1.21. The fourth-order valence-electron chi connectivity index (χ4n) is 1.21. The van der Waals surface area contributed by atoms with E-state index in [0.29, 0.717) is 23.2 Å². The van der Waals surface area contributed by atoms with Crippen LogP contribution in [0, 0.1) is 6.92 Å². The Balaban J connectivity index is 1.95. The highest BCUT2D eigenvalue weighted by Crippen LogP contribution is 2.02. The first kappa shape index (κ1) is 11.1. The van der Waals surface area contributed by atoms with E-state index in [1.165, 1.54) is 6.20 Å². The molecule has 0 atom stereocenters. The van der Waals surface area contributed by atoms with Gasteiger partial charge in [-0.25, -0.2) is 4.98 Å². The van der Waals surface area contributed by atoms with Crippen LogP contribution in [0.5, 0.6) is 0 Å². The summed E-state index contributed by atoms with van der Waals surface area (Å²) in [6, 6.07) is 3.16. The molecule has 0 aliphatic carbocycles. The van der Waals surface area contributed by atoms with E-state index in [4.69, 9.17) is 10.2 Å². The molecule has 2 heterocycles. The Morgan fingerprint density at radius 3 is 2.88 bits per heavy atom. The minimum absolute atomic E-state index is 0.185. The zero-order valence-electron chi connectivity index (χ0n) is 9.17. The van der Waals surface area contributed by atoms with Crippen LogP contribution in [-0.4, -0.2) is 21.1 Å². The number of nitrogen functional groups attached to an aromatic ring is 1. The van der Waals surface area contributed by atoms with Crippen molar-refractivity contribution in [1.29, 1.82) is 0 Å². The van der Waals surface area contributed by atoms with E-state index in [1.54, 1.807) is 19.1 Å². The summed E-state index contributed by atoms with van der Waals surface area (Å²) < 4.78 is 5.12. The van der Waals surface area contributed by atoms with Gasteiger partial charge in [-0.15, -0.1) is 10.2 Å². The molecule has 2 aromatic heterocycles. The number of aromatic nitrogens is 3. The van der Waals surface area contributed by atoms with Gasteiger partial charge in [-0.1, -0.05) is 0 Å². The first-order chi connectivity index (χ1) is 8.15. The van der Waals surface area contributed by atoms with Crippen molar-refractivity contribution in [3.63, 3.8) is 0 Å². The zero-order valence-corrected chi connectivity index (χ0v) is 9.17. The first-order valence-electron chi connectivity index (χ1n) is 4.94. The number of nitrogens with two attached hydrogens (primary N) is 1. The van der Waals surface area contributed by atoms with Gasteiger partial charge in [0, 0.05) is 13.1 Å². The Hall–Kier alpha value is -2.44. The summed E-state index contributed by atoms with van der Waals surface area (Å²) in [5.41, 5.74) is 5.84. The Kier molecular flexibility index (Phi) is 2.99. The Morgan fingerprint density at radius 2 is 2.29 bits per heavy atom. The summed E-state index contributed by atoms with van der Waals surface area (Å²) in [4.78, 5) is 15.5. The van der Waals surface area contributed by atoms with Crippen LogP contribution in [0.1, 0.15) is 22.1 Å². The fraction of sp³-hybridized carbons (Fsp3) is 0.200. The average molecular weight is 233 g/mol. The lowest BCUT2D eigenvalue weighted by atomic mass is 10.2. The molecule has 0 radical (unpaired) electrons. The van der Waals surface area contributed by atoms with Crippen LogP contribution in [-0.2, 0) is 6.54 Å². The number of nitrogens with zero attached hydrogens (tertiary/aromatic N) is 3. The van der Waals surface area contributed by atoms with E-state index in [-0.39, 0.29) is 12.5 Å². The molecular formula is C10H11N5O2. The van der Waals surface area contributed by atoms with Gasteiger partial charge in [-0.05, 0) is 12.1 Å². The molecule has 7 nitrogen and oxygen atoms in total. The van der Waals surface area contributed by atoms with Crippen molar-refractivity contribution in [3.8, 4) is 0 Å². The molecule has 0 saturated carbocycles. The second kappa shape index (κ2) is 4.60. The van der Waals surface area contributed by atoms with Crippen LogP contribution in [0.2, 0.25) is 0 Å². The van der Waals surface area contributed by atoms with Crippen LogP contribution >= 0.6 is 0 Å². The van der Waals surface area contributed by atoms with Gasteiger partial charge in [-0.2, -0.15) is 0 Å². The molecule has 0 aliphatic heterocycles. The van der Waals surface area contributed by atoms with Crippen molar-refractivity contribution < 1.29 is 9.21 Å². The van der Waals surface area contributed by atoms with E-state index < -0.39 is 0 Å². The van der Waals surface area contributed by atoms with Crippen LogP contribution in [0.4, 0.5) is 5.82 Å². The summed E-state index contributed by atoms with van der Waals surface area (Å²) >= 11 is 0. The quantitative estimate of drug-likeness (QED) is 0.788. The number of pyridine rings is 1. The van der Waals surface area contributed by atoms with Crippen LogP contribution < -0.4 is 11.1 Å². The molecule has 0 aromatic carbocycles. The van der Waals surface area contributed by atoms with Gasteiger partial charge >= 0.3 is 0 Å². The first-order valence-corrected chi connectivity index (χ1v) is 4.94. The highest BCUT2D eigenvalue weighted by Gasteiger charge is 2.08. The van der Waals surface area contributed by atoms with Gasteiger partial charge in [0.05, 0.1) is 12.1 Å². The third-order valence-corrected chi connectivity index (χ3v) is 2.02. The molecule has 3 N–H and O–H groups in total. The smallest absolute Gasteiger partial charge is 0.253 e. The normalized spacial score (nSPS) is 10.2. The number of anilines is 1. The maximum atomic E-state index is 11.7. The number of hydrogen-bond acceptors (Lipinski definition) is 6. The van der Waals surface area contributed by atoms with Crippen molar-refractivity contribution in [3.05, 3.63) is 35.7 Å². The van der Waals surface area contributed by atoms with Gasteiger partial charge in [-0.3, -0.25) is 4.79 Å². The maximum absolute atomic E-state index is 11.7. The maximum Gasteiger partial charge on any atom is 0.253 e. The number of nitrogens with one attached hydrogen (secondary N) is 1. The topological polar surface area (TPSA) is 107 Å². The minimum Gasteiger partial charge on any atom is -0.424 e. The summed E-state index contributed by atoms with van der Waals surface area (Å²) in [5, 5.41) is 10.0. The Labute approximate surface area is 97.1 Å². The van der Waals surface area contributed by atoms with Crippen LogP contribution in [0.15, 0.2) is 22.7 Å². The lowest BCUT2D eigenvalue weighted by Gasteiger charge is -2.01. The average Bonchev–Trinajstić information content (AvgIpc) is 2.73. The molecule has 7 heteroatoms. The molecular weight excluding hydrogens is 222 g/mol. The number of amides is 1. The SMILES string of the molecule is Cc1nnc(CNC(=O)c2ccc(N)nc2)o1. The van der Waals surface area contributed by atoms with Crippen molar-refractivity contribution in [2.75, 3.05) is 5.73 Å². The van der Waals surface area contributed by atoms with Gasteiger partial charge < -0.3 is 15.5 Å². The van der Waals surface area contributed by atoms with Crippen LogP contribution in [0.25, 0.3) is 0 Å². The second-order valence-electron chi connectivity index (χ2n) is 3.37. The molecule has 0 aliphatic rings. The van der Waals surface area contributed by atoms with E-state index in [1.807, 2.05) is 0 Å².